The Morgan fingerprint density at radius 3 is 2.46 bits per heavy atom. The molecular formula is C22H22N2O4. The van der Waals surface area contributed by atoms with Gasteiger partial charge in [-0.05, 0) is 18.4 Å². The van der Waals surface area contributed by atoms with E-state index in [4.69, 9.17) is 4.74 Å². The van der Waals surface area contributed by atoms with E-state index in [2.05, 4.69) is 5.32 Å². The van der Waals surface area contributed by atoms with Gasteiger partial charge in [-0.25, -0.2) is 4.79 Å². The molecule has 28 heavy (non-hydrogen) atoms. The van der Waals surface area contributed by atoms with E-state index in [9.17, 15) is 14.4 Å². The summed E-state index contributed by atoms with van der Waals surface area (Å²) in [6.07, 6.45) is 0.849. The molecule has 2 aliphatic heterocycles. The summed E-state index contributed by atoms with van der Waals surface area (Å²) in [6, 6.07) is 13.5. The predicted molar refractivity (Wildman–Crippen MR) is 106 cm³/mol. The molecule has 6 nitrogen and oxygen atoms in total. The highest BCUT2D eigenvalue weighted by atomic mass is 16.6. The highest BCUT2D eigenvalue weighted by Crippen LogP contribution is 2.41. The summed E-state index contributed by atoms with van der Waals surface area (Å²) in [4.78, 5) is 38.9. The van der Waals surface area contributed by atoms with Crippen LogP contribution in [0.3, 0.4) is 0 Å². The van der Waals surface area contributed by atoms with Gasteiger partial charge in [-0.2, -0.15) is 0 Å². The molecule has 1 saturated heterocycles. The number of esters is 1. The van der Waals surface area contributed by atoms with Crippen LogP contribution in [0.25, 0.3) is 10.8 Å². The van der Waals surface area contributed by atoms with Crippen LogP contribution in [0.15, 0.2) is 53.6 Å². The van der Waals surface area contributed by atoms with E-state index < -0.39 is 11.6 Å². The minimum Gasteiger partial charge on any atom is -0.450 e. The summed E-state index contributed by atoms with van der Waals surface area (Å²) in [6.45, 7) is 4.07. The third kappa shape index (κ3) is 2.95. The van der Waals surface area contributed by atoms with Gasteiger partial charge in [0.25, 0.3) is 5.91 Å². The smallest absolute Gasteiger partial charge is 0.335 e. The van der Waals surface area contributed by atoms with Crippen molar-refractivity contribution in [3.8, 4) is 0 Å². The van der Waals surface area contributed by atoms with E-state index in [0.29, 0.717) is 42.8 Å². The predicted octanol–water partition coefficient (Wildman–Crippen LogP) is 3.03. The molecule has 0 unspecified atom stereocenters. The van der Waals surface area contributed by atoms with Crippen LogP contribution in [0.2, 0.25) is 0 Å². The van der Waals surface area contributed by atoms with E-state index in [1.54, 1.807) is 11.8 Å². The van der Waals surface area contributed by atoms with Crippen molar-refractivity contribution in [3.63, 3.8) is 0 Å². The topological polar surface area (TPSA) is 75.7 Å². The second kappa shape index (κ2) is 6.78. The van der Waals surface area contributed by atoms with Crippen molar-refractivity contribution in [1.29, 1.82) is 0 Å². The highest BCUT2D eigenvalue weighted by molar-refractivity contribution is 6.14. The molecule has 4 rings (SSSR count). The molecule has 2 aromatic rings. The average molecular weight is 378 g/mol. The molecule has 0 aliphatic carbocycles. The van der Waals surface area contributed by atoms with Gasteiger partial charge in [-0.1, -0.05) is 36.4 Å². The maximum absolute atomic E-state index is 13.2. The van der Waals surface area contributed by atoms with Crippen LogP contribution in [0.1, 0.15) is 26.7 Å². The number of nitrogens with zero attached hydrogens (tertiary/aromatic N) is 1. The zero-order chi connectivity index (χ0) is 19.9. The molecule has 0 bridgehead atoms. The third-order valence-corrected chi connectivity index (χ3v) is 5.71. The number of nitrogens with one attached hydrogen (secondary N) is 1. The lowest BCUT2D eigenvalue weighted by Gasteiger charge is -2.39. The first-order chi connectivity index (χ1) is 13.4. The van der Waals surface area contributed by atoms with Crippen LogP contribution in [-0.4, -0.2) is 41.4 Å². The molecule has 2 aromatic carbocycles. The van der Waals surface area contributed by atoms with Crippen molar-refractivity contribution in [2.45, 2.75) is 32.3 Å². The number of hydrogen-bond acceptors (Lipinski definition) is 4. The fourth-order valence-electron chi connectivity index (χ4n) is 4.18. The van der Waals surface area contributed by atoms with Crippen molar-refractivity contribution in [2.75, 3.05) is 18.4 Å². The molecule has 1 N–H and O–H groups in total. The first-order valence-corrected chi connectivity index (χ1v) is 9.41. The largest absolute Gasteiger partial charge is 0.450 e. The van der Waals surface area contributed by atoms with Gasteiger partial charge in [0.2, 0.25) is 5.91 Å². The third-order valence-electron chi connectivity index (χ3n) is 5.71. The summed E-state index contributed by atoms with van der Waals surface area (Å²) in [5, 5.41) is 4.93. The fourth-order valence-corrected chi connectivity index (χ4v) is 4.18. The van der Waals surface area contributed by atoms with Gasteiger partial charge in [-0.15, -0.1) is 0 Å². The minimum atomic E-state index is -0.957. The van der Waals surface area contributed by atoms with Crippen LogP contribution >= 0.6 is 0 Å². The Labute approximate surface area is 163 Å². The van der Waals surface area contributed by atoms with Gasteiger partial charge in [0.15, 0.2) is 0 Å². The number of benzene rings is 2. The maximum atomic E-state index is 13.2. The van der Waals surface area contributed by atoms with Crippen LogP contribution in [0, 0.1) is 0 Å². The zero-order valence-corrected chi connectivity index (χ0v) is 16.0. The van der Waals surface area contributed by atoms with E-state index in [1.807, 2.05) is 42.5 Å². The van der Waals surface area contributed by atoms with Crippen LogP contribution < -0.4 is 5.32 Å². The van der Waals surface area contributed by atoms with E-state index in [0.717, 1.165) is 10.8 Å². The Morgan fingerprint density at radius 2 is 1.75 bits per heavy atom. The number of rotatable bonds is 2. The van der Waals surface area contributed by atoms with Crippen molar-refractivity contribution in [3.05, 3.63) is 53.6 Å². The summed E-state index contributed by atoms with van der Waals surface area (Å²) in [5.74, 6) is -0.794. The number of carbonyl (C=O) groups excluding carboxylic acids is 3. The van der Waals surface area contributed by atoms with Gasteiger partial charge in [0, 0.05) is 49.5 Å². The molecule has 1 spiro atoms. The van der Waals surface area contributed by atoms with Gasteiger partial charge < -0.3 is 15.0 Å². The van der Waals surface area contributed by atoms with Gasteiger partial charge in [-0.3, -0.25) is 9.59 Å². The minimum absolute atomic E-state index is 0.0124. The lowest BCUT2D eigenvalue weighted by Crippen LogP contribution is -2.49. The molecule has 2 amide bonds. The Morgan fingerprint density at radius 1 is 1.07 bits per heavy atom. The highest BCUT2D eigenvalue weighted by Gasteiger charge is 2.51. The van der Waals surface area contributed by atoms with Crippen molar-refractivity contribution in [1.82, 2.24) is 4.90 Å². The molecule has 0 aromatic heterocycles. The number of anilines is 1. The molecule has 2 heterocycles. The van der Waals surface area contributed by atoms with Crippen LogP contribution in [0.4, 0.5) is 5.69 Å². The van der Waals surface area contributed by atoms with Crippen molar-refractivity contribution in [2.24, 2.45) is 0 Å². The second-order valence-corrected chi connectivity index (χ2v) is 7.37. The Balaban J connectivity index is 1.65. The average Bonchev–Trinajstić information content (AvgIpc) is 2.92. The SMILES string of the molecule is CC(=O)N1CCC2(CC1)OC(=O)C(C)=C2C(=O)Nc1cccc2ccccc12. The van der Waals surface area contributed by atoms with Crippen molar-refractivity contribution < 1.29 is 19.1 Å². The molecule has 1 fully saturated rings. The zero-order valence-electron chi connectivity index (χ0n) is 16.0. The van der Waals surface area contributed by atoms with E-state index >= 15 is 0 Å². The number of hydrogen-bond donors (Lipinski definition) is 1. The van der Waals surface area contributed by atoms with Gasteiger partial charge in [0.1, 0.15) is 5.60 Å². The van der Waals surface area contributed by atoms with Crippen LogP contribution in [0.5, 0.6) is 0 Å². The molecular weight excluding hydrogens is 356 g/mol. The summed E-state index contributed by atoms with van der Waals surface area (Å²) < 4.78 is 5.68. The number of fused-ring (bicyclic) bond motifs is 1. The quantitative estimate of drug-likeness (QED) is 0.815. The number of amides is 2. The monoisotopic (exact) mass is 378 g/mol. The summed E-state index contributed by atoms with van der Waals surface area (Å²) in [5.41, 5.74) is 0.462. The summed E-state index contributed by atoms with van der Waals surface area (Å²) >= 11 is 0. The fraction of sp³-hybridized carbons (Fsp3) is 0.318. The normalized spacial score (nSPS) is 18.5. The first kappa shape index (κ1) is 18.2. The number of piperidine rings is 1. The summed E-state index contributed by atoms with van der Waals surface area (Å²) in [7, 11) is 0. The Hall–Kier alpha value is -3.15. The molecule has 6 heteroatoms. The van der Waals surface area contributed by atoms with E-state index in [-0.39, 0.29) is 11.8 Å². The Kier molecular flexibility index (Phi) is 4.41. The number of carbonyl (C=O) groups is 3. The molecule has 2 aliphatic rings. The van der Waals surface area contributed by atoms with E-state index in [1.165, 1.54) is 6.92 Å². The molecule has 0 saturated carbocycles. The first-order valence-electron chi connectivity index (χ1n) is 9.41. The molecule has 0 radical (unpaired) electrons. The van der Waals surface area contributed by atoms with Gasteiger partial charge >= 0.3 is 5.97 Å². The standard InChI is InChI=1S/C22H22N2O4/c1-14-19(22(28-21(14)27)10-12-24(13-11-22)15(2)25)20(26)23-18-9-5-7-16-6-3-4-8-17(16)18/h3-9H,10-13H2,1-2H3,(H,23,26). The van der Waals surface area contributed by atoms with Crippen molar-refractivity contribution >= 4 is 34.2 Å². The Bertz CT molecular complexity index is 1010. The molecule has 144 valence electrons. The van der Waals surface area contributed by atoms with Crippen LogP contribution in [-0.2, 0) is 19.1 Å². The lowest BCUT2D eigenvalue weighted by molar-refractivity contribution is -0.152. The number of ether oxygens (including phenoxy) is 1. The molecule has 0 atom stereocenters. The second-order valence-electron chi connectivity index (χ2n) is 7.37. The maximum Gasteiger partial charge on any atom is 0.335 e. The van der Waals surface area contributed by atoms with Gasteiger partial charge in [0.05, 0.1) is 5.57 Å². The lowest BCUT2D eigenvalue weighted by atomic mass is 9.82. The number of likely N-dealkylation sites (tertiary alicyclic amines) is 1.